The molecule has 0 spiro atoms. The van der Waals surface area contributed by atoms with Crippen molar-refractivity contribution in [2.45, 2.75) is 58.9 Å². The molecule has 1 atom stereocenters. The zero-order chi connectivity index (χ0) is 15.2. The van der Waals surface area contributed by atoms with E-state index in [2.05, 4.69) is 24.5 Å². The van der Waals surface area contributed by atoms with Gasteiger partial charge in [0, 0.05) is 20.0 Å². The number of aliphatic carboxylic acids is 1. The lowest BCUT2D eigenvalue weighted by molar-refractivity contribution is -0.141. The predicted octanol–water partition coefficient (Wildman–Crippen LogP) is 1.77. The lowest BCUT2D eigenvalue weighted by Gasteiger charge is -2.31. The molecule has 1 aliphatic carbocycles. The van der Waals surface area contributed by atoms with Gasteiger partial charge in [0.25, 0.3) is 0 Å². The summed E-state index contributed by atoms with van der Waals surface area (Å²) in [6.45, 7) is 6.94. The van der Waals surface area contributed by atoms with Crippen LogP contribution in [0.25, 0.3) is 0 Å². The molecule has 20 heavy (non-hydrogen) atoms. The van der Waals surface area contributed by atoms with Crippen molar-refractivity contribution in [2.24, 2.45) is 11.3 Å². The zero-order valence-corrected chi connectivity index (χ0v) is 12.9. The zero-order valence-electron chi connectivity index (χ0n) is 12.9. The Balaban J connectivity index is 2.46. The Bertz CT molecular complexity index is 336. The van der Waals surface area contributed by atoms with Crippen molar-refractivity contribution in [3.63, 3.8) is 0 Å². The first-order valence-corrected chi connectivity index (χ1v) is 7.55. The Labute approximate surface area is 121 Å². The predicted molar refractivity (Wildman–Crippen MR) is 78.5 cm³/mol. The molecule has 116 valence electrons. The molecule has 0 aromatic carbocycles. The smallest absolute Gasteiger partial charge is 0.327 e. The standard InChI is InChI=1S/C15H28N2O3/c1-11(2)8-15(6-4-5-7-15)10-16-9-13(14(19)20)17-12(3)18/h11,13,16H,4-10H2,1-3H3,(H,17,18)(H,19,20). The second kappa shape index (κ2) is 7.62. The van der Waals surface area contributed by atoms with E-state index in [1.807, 2.05) is 0 Å². The molecule has 0 heterocycles. The van der Waals surface area contributed by atoms with Gasteiger partial charge in [-0.25, -0.2) is 4.79 Å². The number of amides is 1. The third-order valence-corrected chi connectivity index (χ3v) is 4.03. The van der Waals surface area contributed by atoms with E-state index in [1.54, 1.807) is 0 Å². The first-order chi connectivity index (χ1) is 9.34. The second-order valence-corrected chi connectivity index (χ2v) is 6.53. The molecule has 0 aromatic heterocycles. The fourth-order valence-corrected chi connectivity index (χ4v) is 3.37. The summed E-state index contributed by atoms with van der Waals surface area (Å²) >= 11 is 0. The van der Waals surface area contributed by atoms with Gasteiger partial charge in [0.1, 0.15) is 6.04 Å². The van der Waals surface area contributed by atoms with E-state index in [4.69, 9.17) is 5.11 Å². The van der Waals surface area contributed by atoms with E-state index in [-0.39, 0.29) is 12.5 Å². The van der Waals surface area contributed by atoms with E-state index < -0.39 is 12.0 Å². The van der Waals surface area contributed by atoms with Gasteiger partial charge in [-0.3, -0.25) is 4.79 Å². The average molecular weight is 284 g/mol. The maximum Gasteiger partial charge on any atom is 0.327 e. The van der Waals surface area contributed by atoms with Crippen LogP contribution in [0.4, 0.5) is 0 Å². The van der Waals surface area contributed by atoms with Gasteiger partial charge in [0.15, 0.2) is 0 Å². The monoisotopic (exact) mass is 284 g/mol. The third-order valence-electron chi connectivity index (χ3n) is 4.03. The molecule has 1 saturated carbocycles. The quantitative estimate of drug-likeness (QED) is 0.635. The van der Waals surface area contributed by atoms with Gasteiger partial charge in [0.05, 0.1) is 0 Å². The van der Waals surface area contributed by atoms with Crippen LogP contribution in [0.5, 0.6) is 0 Å². The number of nitrogens with one attached hydrogen (secondary N) is 2. The molecule has 5 heteroatoms. The van der Waals surface area contributed by atoms with Crippen LogP contribution in [0, 0.1) is 11.3 Å². The number of carboxylic acids is 1. The van der Waals surface area contributed by atoms with Crippen LogP contribution < -0.4 is 10.6 Å². The van der Waals surface area contributed by atoms with Crippen LogP contribution in [0.15, 0.2) is 0 Å². The van der Waals surface area contributed by atoms with Gasteiger partial charge in [-0.1, -0.05) is 26.7 Å². The number of hydrogen-bond donors (Lipinski definition) is 3. The van der Waals surface area contributed by atoms with Crippen LogP contribution in [0.1, 0.15) is 52.9 Å². The van der Waals surface area contributed by atoms with Crippen LogP contribution >= 0.6 is 0 Å². The molecular weight excluding hydrogens is 256 g/mol. The third kappa shape index (κ3) is 5.49. The molecule has 0 aliphatic heterocycles. The molecule has 5 nitrogen and oxygen atoms in total. The first-order valence-electron chi connectivity index (χ1n) is 7.55. The molecule has 1 rings (SSSR count). The van der Waals surface area contributed by atoms with Gasteiger partial charge in [-0.05, 0) is 30.6 Å². The van der Waals surface area contributed by atoms with E-state index in [1.165, 1.54) is 39.0 Å². The van der Waals surface area contributed by atoms with Crippen LogP contribution in [0.2, 0.25) is 0 Å². The summed E-state index contributed by atoms with van der Waals surface area (Å²) in [6.07, 6.45) is 6.15. The molecule has 1 unspecified atom stereocenters. The Morgan fingerprint density at radius 3 is 2.30 bits per heavy atom. The molecule has 0 saturated heterocycles. The summed E-state index contributed by atoms with van der Waals surface area (Å²) in [5.74, 6) is -0.644. The van der Waals surface area contributed by atoms with E-state index in [9.17, 15) is 9.59 Å². The molecule has 0 aromatic rings. The number of carbonyl (C=O) groups is 2. The van der Waals surface area contributed by atoms with Crippen molar-refractivity contribution < 1.29 is 14.7 Å². The molecule has 1 amide bonds. The largest absolute Gasteiger partial charge is 0.480 e. The number of carboxylic acid groups (broad SMARTS) is 1. The minimum atomic E-state index is -0.989. The van der Waals surface area contributed by atoms with Crippen molar-refractivity contribution in [1.82, 2.24) is 10.6 Å². The number of carbonyl (C=O) groups excluding carboxylic acids is 1. The first kappa shape index (κ1) is 17.0. The Kier molecular flexibility index (Phi) is 6.46. The number of hydrogen-bond acceptors (Lipinski definition) is 3. The van der Waals surface area contributed by atoms with Crippen molar-refractivity contribution in [3.05, 3.63) is 0 Å². The highest BCUT2D eigenvalue weighted by atomic mass is 16.4. The molecule has 0 radical (unpaired) electrons. The molecule has 3 N–H and O–H groups in total. The fraction of sp³-hybridized carbons (Fsp3) is 0.867. The van der Waals surface area contributed by atoms with Crippen LogP contribution in [-0.2, 0) is 9.59 Å². The highest BCUT2D eigenvalue weighted by Gasteiger charge is 2.34. The maximum absolute atomic E-state index is 11.1. The lowest BCUT2D eigenvalue weighted by Crippen LogP contribution is -2.48. The molecular formula is C15H28N2O3. The Morgan fingerprint density at radius 2 is 1.85 bits per heavy atom. The van der Waals surface area contributed by atoms with E-state index in [0.29, 0.717) is 11.3 Å². The Hall–Kier alpha value is -1.10. The summed E-state index contributed by atoms with van der Waals surface area (Å²) in [5.41, 5.74) is 0.313. The summed E-state index contributed by atoms with van der Waals surface area (Å²) in [4.78, 5) is 22.0. The van der Waals surface area contributed by atoms with Gasteiger partial charge in [-0.2, -0.15) is 0 Å². The molecule has 1 fully saturated rings. The topological polar surface area (TPSA) is 78.4 Å². The normalized spacial score (nSPS) is 19.0. The van der Waals surface area contributed by atoms with Crippen molar-refractivity contribution in [3.8, 4) is 0 Å². The SMILES string of the molecule is CC(=O)NC(CNCC1(CC(C)C)CCCC1)C(=O)O. The van der Waals surface area contributed by atoms with Crippen molar-refractivity contribution in [2.75, 3.05) is 13.1 Å². The Morgan fingerprint density at radius 1 is 1.25 bits per heavy atom. The van der Waals surface area contributed by atoms with E-state index in [0.717, 1.165) is 6.54 Å². The molecule has 0 bridgehead atoms. The summed E-state index contributed by atoms with van der Waals surface area (Å²) in [7, 11) is 0. The van der Waals surface area contributed by atoms with Gasteiger partial charge < -0.3 is 15.7 Å². The average Bonchev–Trinajstić information content (AvgIpc) is 2.74. The van der Waals surface area contributed by atoms with Gasteiger partial charge >= 0.3 is 5.97 Å². The lowest BCUT2D eigenvalue weighted by atomic mass is 9.78. The van der Waals surface area contributed by atoms with Crippen molar-refractivity contribution in [1.29, 1.82) is 0 Å². The maximum atomic E-state index is 11.1. The molecule has 1 aliphatic rings. The van der Waals surface area contributed by atoms with Gasteiger partial charge in [-0.15, -0.1) is 0 Å². The second-order valence-electron chi connectivity index (χ2n) is 6.53. The van der Waals surface area contributed by atoms with Crippen molar-refractivity contribution >= 4 is 11.9 Å². The number of rotatable bonds is 8. The highest BCUT2D eigenvalue weighted by Crippen LogP contribution is 2.42. The summed E-state index contributed by atoms with van der Waals surface area (Å²) < 4.78 is 0. The van der Waals surface area contributed by atoms with E-state index >= 15 is 0 Å². The van der Waals surface area contributed by atoms with Crippen LogP contribution in [-0.4, -0.2) is 36.1 Å². The minimum Gasteiger partial charge on any atom is -0.480 e. The fourth-order valence-electron chi connectivity index (χ4n) is 3.37. The summed E-state index contributed by atoms with van der Waals surface area (Å²) in [5, 5.41) is 14.8. The summed E-state index contributed by atoms with van der Waals surface area (Å²) in [6, 6.07) is -0.843. The van der Waals surface area contributed by atoms with Crippen LogP contribution in [0.3, 0.4) is 0 Å². The highest BCUT2D eigenvalue weighted by molar-refractivity contribution is 5.82. The van der Waals surface area contributed by atoms with Gasteiger partial charge in [0.2, 0.25) is 5.91 Å². The minimum absolute atomic E-state index is 0.286.